The van der Waals surface area contributed by atoms with Crippen molar-refractivity contribution in [2.45, 2.75) is 70.7 Å². The number of fused-ring (bicyclic) bond motifs is 1. The number of benzene rings is 2. The van der Waals surface area contributed by atoms with E-state index in [1.54, 1.807) is 31.2 Å². The lowest BCUT2D eigenvalue weighted by Gasteiger charge is -2.35. The van der Waals surface area contributed by atoms with Crippen molar-refractivity contribution in [1.29, 1.82) is 0 Å². The Morgan fingerprint density at radius 3 is 2.19 bits per heavy atom. The highest BCUT2D eigenvalue weighted by molar-refractivity contribution is 6.05. The van der Waals surface area contributed by atoms with Gasteiger partial charge in [-0.1, -0.05) is 0 Å². The molecular weight excluding hydrogens is 536 g/mol. The van der Waals surface area contributed by atoms with Gasteiger partial charge in [0.2, 0.25) is 17.7 Å². The monoisotopic (exact) mass is 578 g/mol. The zero-order valence-corrected chi connectivity index (χ0v) is 25.1. The highest BCUT2D eigenvalue weighted by atomic mass is 16.5. The van der Waals surface area contributed by atoms with Gasteiger partial charge in [-0.05, 0) is 96.0 Å². The number of hydrogen-bond donors (Lipinski definition) is 3. The Bertz CT molecular complexity index is 1310. The molecule has 2 aromatic carbocycles. The molecule has 0 aliphatic carbocycles. The molecule has 10 heteroatoms. The largest absolute Gasteiger partial charge is 0.494 e. The van der Waals surface area contributed by atoms with Gasteiger partial charge in [-0.15, -0.1) is 0 Å². The van der Waals surface area contributed by atoms with Gasteiger partial charge in [-0.25, -0.2) is 0 Å². The van der Waals surface area contributed by atoms with E-state index in [0.717, 1.165) is 18.8 Å². The van der Waals surface area contributed by atoms with Gasteiger partial charge in [0, 0.05) is 30.2 Å². The number of rotatable bonds is 11. The van der Waals surface area contributed by atoms with Crippen molar-refractivity contribution in [3.63, 3.8) is 0 Å². The molecule has 3 aliphatic rings. The van der Waals surface area contributed by atoms with E-state index in [9.17, 15) is 19.5 Å². The summed E-state index contributed by atoms with van der Waals surface area (Å²) in [5.41, 5.74) is 0.145. The van der Waals surface area contributed by atoms with E-state index < -0.39 is 41.0 Å². The van der Waals surface area contributed by atoms with Crippen molar-refractivity contribution in [2.24, 2.45) is 11.8 Å². The molecule has 10 nitrogen and oxygen atoms in total. The van der Waals surface area contributed by atoms with Crippen LogP contribution in [0, 0.1) is 11.8 Å². The molecule has 3 fully saturated rings. The van der Waals surface area contributed by atoms with Crippen LogP contribution in [-0.4, -0.2) is 77.3 Å². The first kappa shape index (κ1) is 29.8. The van der Waals surface area contributed by atoms with E-state index in [1.165, 1.54) is 4.90 Å². The summed E-state index contributed by atoms with van der Waals surface area (Å²) in [5.74, 6) is -2.02. The normalized spacial score (nSPS) is 28.4. The maximum absolute atomic E-state index is 14.1. The van der Waals surface area contributed by atoms with Crippen molar-refractivity contribution < 1.29 is 29.0 Å². The van der Waals surface area contributed by atoms with Crippen LogP contribution in [0.4, 0.5) is 17.1 Å². The highest BCUT2D eigenvalue weighted by Crippen LogP contribution is 2.63. The highest BCUT2D eigenvalue weighted by Gasteiger charge is 2.78. The Hall–Kier alpha value is -3.63. The fraction of sp³-hybridized carbons (Fsp3) is 0.531. The molecule has 2 aromatic rings. The number of amides is 3. The molecule has 3 amide bonds. The summed E-state index contributed by atoms with van der Waals surface area (Å²) in [5, 5.41) is 16.0. The summed E-state index contributed by atoms with van der Waals surface area (Å²) in [7, 11) is 0. The van der Waals surface area contributed by atoms with Gasteiger partial charge in [0.25, 0.3) is 0 Å². The molecule has 0 radical (unpaired) electrons. The number of nitrogens with zero attached hydrogens (tertiary/aromatic N) is 2. The van der Waals surface area contributed by atoms with Gasteiger partial charge in [-0.2, -0.15) is 0 Å². The van der Waals surface area contributed by atoms with Crippen LogP contribution in [-0.2, 0) is 19.1 Å². The van der Waals surface area contributed by atoms with Crippen LogP contribution in [0.5, 0.6) is 5.75 Å². The van der Waals surface area contributed by atoms with Crippen LogP contribution >= 0.6 is 0 Å². The number of carbonyl (C=O) groups excluding carboxylic acids is 3. The van der Waals surface area contributed by atoms with Gasteiger partial charge >= 0.3 is 0 Å². The Kier molecular flexibility index (Phi) is 8.22. The van der Waals surface area contributed by atoms with Crippen LogP contribution in [0.15, 0.2) is 48.5 Å². The molecule has 2 bridgehead atoms. The number of aliphatic hydroxyl groups excluding tert-OH is 1. The molecule has 5 rings (SSSR count). The van der Waals surface area contributed by atoms with E-state index in [4.69, 9.17) is 9.47 Å². The van der Waals surface area contributed by atoms with Crippen molar-refractivity contribution >= 4 is 34.8 Å². The molecule has 3 heterocycles. The van der Waals surface area contributed by atoms with Crippen LogP contribution in [0.2, 0.25) is 0 Å². The van der Waals surface area contributed by atoms with E-state index in [2.05, 4.69) is 29.4 Å². The lowest BCUT2D eigenvalue weighted by molar-refractivity contribution is -0.146. The van der Waals surface area contributed by atoms with Gasteiger partial charge < -0.3 is 35.0 Å². The van der Waals surface area contributed by atoms with Crippen LogP contribution in [0.25, 0.3) is 0 Å². The molecule has 0 saturated carbocycles. The topological polar surface area (TPSA) is 120 Å². The maximum Gasteiger partial charge on any atom is 0.250 e. The predicted molar refractivity (Wildman–Crippen MR) is 160 cm³/mol. The number of likely N-dealkylation sites (tertiary alicyclic amines) is 1. The average molecular weight is 579 g/mol. The van der Waals surface area contributed by atoms with E-state index in [1.807, 2.05) is 38.1 Å². The van der Waals surface area contributed by atoms with Gasteiger partial charge in [0.05, 0.1) is 36.7 Å². The molecule has 1 spiro atoms. The third kappa shape index (κ3) is 4.90. The third-order valence-corrected chi connectivity index (χ3v) is 9.18. The fourth-order valence-electron chi connectivity index (χ4n) is 7.20. The summed E-state index contributed by atoms with van der Waals surface area (Å²) in [6.45, 7) is 11.6. The molecule has 0 aromatic heterocycles. The molecule has 42 heavy (non-hydrogen) atoms. The first-order chi connectivity index (χ1) is 20.1. The van der Waals surface area contributed by atoms with Gasteiger partial charge in [0.1, 0.15) is 17.4 Å². The number of nitrogens with one attached hydrogen (secondary N) is 2. The molecule has 3 N–H and O–H groups in total. The van der Waals surface area contributed by atoms with Crippen molar-refractivity contribution in [1.82, 2.24) is 4.90 Å². The van der Waals surface area contributed by atoms with Gasteiger partial charge in [-0.3, -0.25) is 14.4 Å². The maximum atomic E-state index is 14.1. The van der Waals surface area contributed by atoms with Crippen LogP contribution < -0.4 is 20.3 Å². The lowest BCUT2D eigenvalue weighted by Crippen LogP contribution is -2.55. The van der Waals surface area contributed by atoms with Crippen LogP contribution in [0.3, 0.4) is 0 Å². The van der Waals surface area contributed by atoms with Gasteiger partial charge in [0.15, 0.2) is 0 Å². The molecule has 2 unspecified atom stereocenters. The SMILES string of the molecule is CCOc1ccc(NC(=O)[C@H]2[C@H]3C(=O)N([C@H](C)CO)C(C(=O)Nc4ccc(N(CC)CC)cc4)C34CC[C@]2(C)O4)cc1. The van der Waals surface area contributed by atoms with Crippen molar-refractivity contribution in [2.75, 3.05) is 41.8 Å². The summed E-state index contributed by atoms with van der Waals surface area (Å²) < 4.78 is 12.1. The molecule has 3 aliphatic heterocycles. The Morgan fingerprint density at radius 1 is 1.02 bits per heavy atom. The van der Waals surface area contributed by atoms with E-state index >= 15 is 0 Å². The number of carbonyl (C=O) groups is 3. The second-order valence-electron chi connectivity index (χ2n) is 11.7. The number of anilines is 3. The predicted octanol–water partition coefficient (Wildman–Crippen LogP) is 3.65. The van der Waals surface area contributed by atoms with Crippen molar-refractivity contribution in [3.05, 3.63) is 48.5 Å². The first-order valence-corrected chi connectivity index (χ1v) is 14.9. The smallest absolute Gasteiger partial charge is 0.250 e. The lowest BCUT2D eigenvalue weighted by atomic mass is 9.66. The standard InChI is InChI=1S/C32H42N4O6/c1-6-35(7-2)23-13-9-21(10-14-23)34-29(39)27-32-18-17-31(5,42-32)25(26(32)30(40)36(27)20(4)19-37)28(38)33-22-11-15-24(16-12-22)41-8-3/h9-16,20,25-27,37H,6-8,17-19H2,1-5H3,(H,33,38)(H,34,39)/t20-,25-,26+,27?,31+,32?/m1/s1. The van der Waals surface area contributed by atoms with E-state index in [0.29, 0.717) is 36.6 Å². The van der Waals surface area contributed by atoms with Crippen LogP contribution in [0.1, 0.15) is 47.5 Å². The minimum atomic E-state index is -1.18. The second-order valence-corrected chi connectivity index (χ2v) is 11.7. The first-order valence-electron chi connectivity index (χ1n) is 14.9. The summed E-state index contributed by atoms with van der Waals surface area (Å²) >= 11 is 0. The molecule has 226 valence electrons. The average Bonchev–Trinajstić information content (AvgIpc) is 3.56. The minimum absolute atomic E-state index is 0.322. The Morgan fingerprint density at radius 2 is 1.62 bits per heavy atom. The zero-order chi connectivity index (χ0) is 30.2. The summed E-state index contributed by atoms with van der Waals surface area (Å²) in [4.78, 5) is 45.6. The Labute approximate surface area is 247 Å². The second kappa shape index (κ2) is 11.6. The number of hydrogen-bond acceptors (Lipinski definition) is 7. The molecule has 3 saturated heterocycles. The quantitative estimate of drug-likeness (QED) is 0.372. The summed E-state index contributed by atoms with van der Waals surface area (Å²) in [6, 6.07) is 13.0. The molecule has 6 atom stereocenters. The Balaban J connectivity index is 1.43. The number of ether oxygens (including phenoxy) is 2. The third-order valence-electron chi connectivity index (χ3n) is 9.18. The van der Waals surface area contributed by atoms with Crippen molar-refractivity contribution in [3.8, 4) is 5.75 Å². The number of aliphatic hydroxyl groups is 1. The zero-order valence-electron chi connectivity index (χ0n) is 25.1. The molecular formula is C32H42N4O6. The van der Waals surface area contributed by atoms with E-state index in [-0.39, 0.29) is 18.4 Å². The summed E-state index contributed by atoms with van der Waals surface area (Å²) in [6.07, 6.45) is 0.988. The minimum Gasteiger partial charge on any atom is -0.494 e. The fourth-order valence-corrected chi connectivity index (χ4v) is 7.20.